The van der Waals surface area contributed by atoms with E-state index in [0.717, 1.165) is 19.3 Å². The number of hydrogen-bond acceptors (Lipinski definition) is 2. The summed E-state index contributed by atoms with van der Waals surface area (Å²) in [5, 5.41) is 3.01. The molecule has 1 amide bonds. The zero-order chi connectivity index (χ0) is 11.5. The van der Waals surface area contributed by atoms with Gasteiger partial charge in [0.15, 0.2) is 0 Å². The number of fused-ring (bicyclic) bond motifs is 1. The van der Waals surface area contributed by atoms with E-state index in [1.807, 2.05) is 6.07 Å². The summed E-state index contributed by atoms with van der Waals surface area (Å²) in [7, 11) is 0. The number of carbonyl (C=O) groups is 1. The van der Waals surface area contributed by atoms with Crippen molar-refractivity contribution in [2.75, 3.05) is 0 Å². The summed E-state index contributed by atoms with van der Waals surface area (Å²) in [5.41, 5.74) is 8.16. The number of rotatable bonds is 2. The number of nitrogens with two attached hydrogens (primary N) is 1. The average Bonchev–Trinajstić information content (AvgIpc) is 2.29. The monoisotopic (exact) mass is 254 g/mol. The van der Waals surface area contributed by atoms with Crippen LogP contribution in [0.1, 0.15) is 36.9 Å². The molecule has 0 saturated carbocycles. The van der Waals surface area contributed by atoms with Gasteiger partial charge in [-0.05, 0) is 37.3 Å². The molecule has 2 atom stereocenters. The second-order valence-electron chi connectivity index (χ2n) is 4.44. The van der Waals surface area contributed by atoms with Crippen LogP contribution >= 0.6 is 12.4 Å². The van der Waals surface area contributed by atoms with Crippen molar-refractivity contribution in [3.8, 4) is 0 Å². The Kier molecular flexibility index (Phi) is 4.97. The van der Waals surface area contributed by atoms with E-state index in [1.165, 1.54) is 11.1 Å². The van der Waals surface area contributed by atoms with Gasteiger partial charge in [0.2, 0.25) is 5.91 Å². The van der Waals surface area contributed by atoms with Gasteiger partial charge in [0, 0.05) is 0 Å². The Hall–Kier alpha value is -1.06. The number of hydrogen-bond donors (Lipinski definition) is 2. The van der Waals surface area contributed by atoms with Crippen molar-refractivity contribution in [3.05, 3.63) is 35.4 Å². The normalized spacial score (nSPS) is 19.8. The third-order valence-corrected chi connectivity index (χ3v) is 3.10. The fourth-order valence-electron chi connectivity index (χ4n) is 2.21. The summed E-state index contributed by atoms with van der Waals surface area (Å²) < 4.78 is 0. The SMILES string of the molecule is C[C@@H](N)C(=O)NC1CCCc2ccccc21.Cl. The zero-order valence-electron chi connectivity index (χ0n) is 9.98. The standard InChI is InChI=1S/C13H18N2O.ClH/c1-9(14)13(16)15-12-8-4-6-10-5-2-3-7-11(10)12;/h2-3,5,7,9,12H,4,6,8,14H2,1H3,(H,15,16);1H/t9-,12?;/m1./s1. The fraction of sp³-hybridized carbons (Fsp3) is 0.462. The lowest BCUT2D eigenvalue weighted by atomic mass is 9.87. The number of carbonyl (C=O) groups excluding carboxylic acids is 1. The van der Waals surface area contributed by atoms with Crippen LogP contribution in [0.15, 0.2) is 24.3 Å². The van der Waals surface area contributed by atoms with Gasteiger partial charge in [-0.25, -0.2) is 0 Å². The van der Waals surface area contributed by atoms with Gasteiger partial charge in [-0.2, -0.15) is 0 Å². The maximum absolute atomic E-state index is 11.6. The first-order chi connectivity index (χ1) is 7.68. The molecule has 4 heteroatoms. The predicted molar refractivity (Wildman–Crippen MR) is 71.2 cm³/mol. The molecular weight excluding hydrogens is 236 g/mol. The molecule has 1 unspecified atom stereocenters. The van der Waals surface area contributed by atoms with Gasteiger partial charge in [-0.15, -0.1) is 12.4 Å². The second-order valence-corrected chi connectivity index (χ2v) is 4.44. The van der Waals surface area contributed by atoms with E-state index in [1.54, 1.807) is 6.92 Å². The van der Waals surface area contributed by atoms with Crippen LogP contribution in [0.3, 0.4) is 0 Å². The molecule has 1 aromatic carbocycles. The summed E-state index contributed by atoms with van der Waals surface area (Å²) in [6, 6.07) is 8.02. The highest BCUT2D eigenvalue weighted by Crippen LogP contribution is 2.29. The summed E-state index contributed by atoms with van der Waals surface area (Å²) in [6.07, 6.45) is 3.25. The third kappa shape index (κ3) is 3.20. The zero-order valence-corrected chi connectivity index (χ0v) is 10.8. The molecule has 1 aliphatic carbocycles. The Bertz CT molecular complexity index is 393. The number of halogens is 1. The Morgan fingerprint density at radius 1 is 1.47 bits per heavy atom. The molecule has 1 aromatic rings. The van der Waals surface area contributed by atoms with Crippen molar-refractivity contribution in [3.63, 3.8) is 0 Å². The van der Waals surface area contributed by atoms with Crippen LogP contribution in [-0.4, -0.2) is 11.9 Å². The minimum absolute atomic E-state index is 0. The van der Waals surface area contributed by atoms with Crippen molar-refractivity contribution < 1.29 is 4.79 Å². The highest BCUT2D eigenvalue weighted by molar-refractivity contribution is 5.85. The van der Waals surface area contributed by atoms with Crippen LogP contribution in [0, 0.1) is 0 Å². The molecule has 0 fully saturated rings. The predicted octanol–water partition coefficient (Wildman–Crippen LogP) is 1.95. The fourth-order valence-corrected chi connectivity index (χ4v) is 2.21. The Morgan fingerprint density at radius 2 is 2.18 bits per heavy atom. The molecule has 1 aliphatic rings. The van der Waals surface area contributed by atoms with Gasteiger partial charge in [0.05, 0.1) is 12.1 Å². The van der Waals surface area contributed by atoms with E-state index in [4.69, 9.17) is 5.73 Å². The average molecular weight is 255 g/mol. The summed E-state index contributed by atoms with van der Waals surface area (Å²) in [5.74, 6) is -0.0679. The van der Waals surface area contributed by atoms with Gasteiger partial charge in [0.1, 0.15) is 0 Å². The van der Waals surface area contributed by atoms with Crippen LogP contribution in [-0.2, 0) is 11.2 Å². The maximum Gasteiger partial charge on any atom is 0.237 e. The van der Waals surface area contributed by atoms with E-state index >= 15 is 0 Å². The van der Waals surface area contributed by atoms with Crippen molar-refractivity contribution >= 4 is 18.3 Å². The first-order valence-corrected chi connectivity index (χ1v) is 5.82. The Labute approximate surface area is 108 Å². The minimum atomic E-state index is -0.436. The topological polar surface area (TPSA) is 55.1 Å². The van der Waals surface area contributed by atoms with Crippen LogP contribution in [0.25, 0.3) is 0 Å². The molecule has 0 bridgehead atoms. The van der Waals surface area contributed by atoms with E-state index in [2.05, 4.69) is 23.5 Å². The molecule has 0 saturated heterocycles. The quantitative estimate of drug-likeness (QED) is 0.848. The number of benzene rings is 1. The third-order valence-electron chi connectivity index (χ3n) is 3.10. The lowest BCUT2D eigenvalue weighted by molar-refractivity contribution is -0.122. The summed E-state index contributed by atoms with van der Waals surface area (Å²) in [6.45, 7) is 1.71. The lowest BCUT2D eigenvalue weighted by Crippen LogP contribution is -2.41. The van der Waals surface area contributed by atoms with Gasteiger partial charge in [-0.1, -0.05) is 24.3 Å². The molecule has 17 heavy (non-hydrogen) atoms. The van der Waals surface area contributed by atoms with Gasteiger partial charge in [0.25, 0.3) is 0 Å². The van der Waals surface area contributed by atoms with E-state index in [-0.39, 0.29) is 24.4 Å². The largest absolute Gasteiger partial charge is 0.348 e. The van der Waals surface area contributed by atoms with Gasteiger partial charge in [-0.3, -0.25) is 4.79 Å². The van der Waals surface area contributed by atoms with Crippen molar-refractivity contribution in [2.24, 2.45) is 5.73 Å². The van der Waals surface area contributed by atoms with Crippen LogP contribution < -0.4 is 11.1 Å². The van der Waals surface area contributed by atoms with Crippen LogP contribution in [0.5, 0.6) is 0 Å². The van der Waals surface area contributed by atoms with Crippen LogP contribution in [0.2, 0.25) is 0 Å². The molecule has 0 aliphatic heterocycles. The van der Waals surface area contributed by atoms with Gasteiger partial charge < -0.3 is 11.1 Å². The van der Waals surface area contributed by atoms with Crippen molar-refractivity contribution in [1.82, 2.24) is 5.32 Å². The number of nitrogens with one attached hydrogen (secondary N) is 1. The van der Waals surface area contributed by atoms with Crippen LogP contribution in [0.4, 0.5) is 0 Å². The van der Waals surface area contributed by atoms with Gasteiger partial charge >= 0.3 is 0 Å². The van der Waals surface area contributed by atoms with E-state index in [9.17, 15) is 4.79 Å². The van der Waals surface area contributed by atoms with Crippen molar-refractivity contribution in [1.29, 1.82) is 0 Å². The molecular formula is C13H19ClN2O. The molecule has 3 nitrogen and oxygen atoms in total. The molecule has 94 valence electrons. The summed E-state index contributed by atoms with van der Waals surface area (Å²) >= 11 is 0. The van der Waals surface area contributed by atoms with E-state index in [0.29, 0.717) is 0 Å². The number of amides is 1. The molecule has 0 spiro atoms. The highest BCUT2D eigenvalue weighted by Gasteiger charge is 2.22. The molecule has 0 aromatic heterocycles. The molecule has 0 heterocycles. The molecule has 3 N–H and O–H groups in total. The second kappa shape index (κ2) is 6.03. The van der Waals surface area contributed by atoms with E-state index < -0.39 is 6.04 Å². The van der Waals surface area contributed by atoms with Crippen molar-refractivity contribution in [2.45, 2.75) is 38.3 Å². The maximum atomic E-state index is 11.6. The Morgan fingerprint density at radius 3 is 2.88 bits per heavy atom. The minimum Gasteiger partial charge on any atom is -0.348 e. The smallest absolute Gasteiger partial charge is 0.237 e. The molecule has 0 radical (unpaired) electrons. The Balaban J connectivity index is 0.00000144. The highest BCUT2D eigenvalue weighted by atomic mass is 35.5. The first-order valence-electron chi connectivity index (χ1n) is 5.82. The summed E-state index contributed by atoms with van der Waals surface area (Å²) in [4.78, 5) is 11.6. The lowest BCUT2D eigenvalue weighted by Gasteiger charge is -2.26. The molecule has 2 rings (SSSR count). The number of aryl methyl sites for hydroxylation is 1. The first kappa shape index (κ1) is 14.0.